The lowest BCUT2D eigenvalue weighted by atomic mass is 9.98. The molecule has 1 aromatic carbocycles. The first-order valence-electron chi connectivity index (χ1n) is 7.40. The molecule has 1 fully saturated rings. The third-order valence-electron chi connectivity index (χ3n) is 4.08. The summed E-state index contributed by atoms with van der Waals surface area (Å²) in [5.74, 6) is -2.63. The number of carbonyl (C=O) groups is 3. The normalized spacial score (nSPS) is 21.8. The first-order valence-corrected chi connectivity index (χ1v) is 7.40. The van der Waals surface area contributed by atoms with Crippen LogP contribution in [-0.4, -0.2) is 31.4 Å². The molecule has 2 atom stereocenters. The minimum absolute atomic E-state index is 0.145. The molecule has 0 saturated heterocycles. The second kappa shape index (κ2) is 6.30. The van der Waals surface area contributed by atoms with Crippen LogP contribution in [0, 0.1) is 18.3 Å². The lowest BCUT2D eigenvalue weighted by molar-refractivity contribution is -0.165. The fourth-order valence-electron chi connectivity index (χ4n) is 2.96. The van der Waals surface area contributed by atoms with E-state index >= 15 is 0 Å². The van der Waals surface area contributed by atoms with Crippen molar-refractivity contribution in [1.82, 2.24) is 0 Å². The van der Waals surface area contributed by atoms with Crippen LogP contribution < -0.4 is 0 Å². The van der Waals surface area contributed by atoms with E-state index in [0.29, 0.717) is 6.29 Å². The zero-order valence-electron chi connectivity index (χ0n) is 13.0. The first-order chi connectivity index (χ1) is 10.5. The van der Waals surface area contributed by atoms with Gasteiger partial charge in [-0.05, 0) is 26.3 Å². The van der Waals surface area contributed by atoms with Crippen LogP contribution in [0.4, 0.5) is 0 Å². The van der Waals surface area contributed by atoms with Gasteiger partial charge in [-0.3, -0.25) is 9.59 Å². The summed E-state index contributed by atoms with van der Waals surface area (Å²) < 4.78 is 10.1. The van der Waals surface area contributed by atoms with Gasteiger partial charge in [0.2, 0.25) is 0 Å². The molecule has 0 unspecified atom stereocenters. The molecule has 5 nitrogen and oxygen atoms in total. The molecule has 0 amide bonds. The van der Waals surface area contributed by atoms with E-state index in [1.165, 1.54) is 0 Å². The number of aryl methyl sites for hydroxylation is 1. The van der Waals surface area contributed by atoms with Crippen LogP contribution in [0.25, 0.3) is 0 Å². The fraction of sp³-hybridized carbons (Fsp3) is 0.471. The minimum atomic E-state index is -1.54. The maximum atomic E-state index is 12.4. The fourth-order valence-corrected chi connectivity index (χ4v) is 2.96. The summed E-state index contributed by atoms with van der Waals surface area (Å²) in [7, 11) is 0. The number of benzene rings is 1. The van der Waals surface area contributed by atoms with Gasteiger partial charge in [-0.15, -0.1) is 0 Å². The van der Waals surface area contributed by atoms with E-state index in [0.717, 1.165) is 11.1 Å². The molecule has 1 aliphatic rings. The van der Waals surface area contributed by atoms with Crippen molar-refractivity contribution >= 4 is 18.2 Å². The van der Waals surface area contributed by atoms with Gasteiger partial charge < -0.3 is 14.3 Å². The highest BCUT2D eigenvalue weighted by molar-refractivity contribution is 6.09. The highest BCUT2D eigenvalue weighted by Gasteiger charge is 2.77. The number of ether oxygens (including phenoxy) is 2. The number of aldehydes is 1. The SMILES string of the molecule is CCOC(=O)C1(C(=O)OCC)[C@H](C=O)[C@H]1c1ccc(C)cc1. The Morgan fingerprint density at radius 3 is 2.00 bits per heavy atom. The Labute approximate surface area is 129 Å². The van der Waals surface area contributed by atoms with Crippen LogP contribution in [0.15, 0.2) is 24.3 Å². The highest BCUT2D eigenvalue weighted by Crippen LogP contribution is 2.65. The van der Waals surface area contributed by atoms with Crippen LogP contribution in [0.2, 0.25) is 0 Å². The molecule has 118 valence electrons. The van der Waals surface area contributed by atoms with Crippen molar-refractivity contribution in [1.29, 1.82) is 0 Å². The van der Waals surface area contributed by atoms with Crippen molar-refractivity contribution in [3.05, 3.63) is 35.4 Å². The molecule has 0 N–H and O–H groups in total. The predicted molar refractivity (Wildman–Crippen MR) is 79.2 cm³/mol. The maximum absolute atomic E-state index is 12.4. The van der Waals surface area contributed by atoms with Crippen molar-refractivity contribution < 1.29 is 23.9 Å². The summed E-state index contributed by atoms with van der Waals surface area (Å²) in [4.78, 5) is 36.2. The van der Waals surface area contributed by atoms with Crippen molar-refractivity contribution in [3.8, 4) is 0 Å². The number of hydrogen-bond acceptors (Lipinski definition) is 5. The minimum Gasteiger partial charge on any atom is -0.465 e. The summed E-state index contributed by atoms with van der Waals surface area (Å²) in [5.41, 5.74) is 0.289. The maximum Gasteiger partial charge on any atom is 0.324 e. The van der Waals surface area contributed by atoms with Gasteiger partial charge in [0.15, 0.2) is 5.41 Å². The Bertz CT molecular complexity index is 557. The molecule has 0 aromatic heterocycles. The van der Waals surface area contributed by atoms with Gasteiger partial charge in [-0.1, -0.05) is 29.8 Å². The number of esters is 2. The molecule has 0 aliphatic heterocycles. The number of carbonyl (C=O) groups excluding carboxylic acids is 3. The smallest absolute Gasteiger partial charge is 0.324 e. The molecule has 0 spiro atoms. The van der Waals surface area contributed by atoms with Gasteiger partial charge in [0.1, 0.15) is 6.29 Å². The molecule has 22 heavy (non-hydrogen) atoms. The predicted octanol–water partition coefficient (Wildman–Crippen LogP) is 2.02. The summed E-state index contributed by atoms with van der Waals surface area (Å²) >= 11 is 0. The molecule has 1 aromatic rings. The molecule has 2 rings (SSSR count). The lowest BCUT2D eigenvalue weighted by Gasteiger charge is -2.15. The average Bonchev–Trinajstić information content (AvgIpc) is 3.18. The second-order valence-electron chi connectivity index (χ2n) is 5.36. The summed E-state index contributed by atoms with van der Waals surface area (Å²) in [5, 5.41) is 0. The largest absolute Gasteiger partial charge is 0.465 e. The summed E-state index contributed by atoms with van der Waals surface area (Å²) in [6.07, 6.45) is 0.651. The van der Waals surface area contributed by atoms with Gasteiger partial charge in [-0.25, -0.2) is 0 Å². The summed E-state index contributed by atoms with van der Waals surface area (Å²) in [6, 6.07) is 7.43. The third-order valence-corrected chi connectivity index (χ3v) is 4.08. The van der Waals surface area contributed by atoms with Crippen molar-refractivity contribution in [2.75, 3.05) is 13.2 Å². The van der Waals surface area contributed by atoms with Crippen LogP contribution in [-0.2, 0) is 23.9 Å². The Hall–Kier alpha value is -2.17. The Morgan fingerprint density at radius 2 is 1.59 bits per heavy atom. The van der Waals surface area contributed by atoms with E-state index in [-0.39, 0.29) is 13.2 Å². The van der Waals surface area contributed by atoms with E-state index in [2.05, 4.69) is 0 Å². The molecule has 0 bridgehead atoms. The van der Waals surface area contributed by atoms with E-state index in [9.17, 15) is 14.4 Å². The molecule has 1 aliphatic carbocycles. The monoisotopic (exact) mass is 304 g/mol. The Balaban J connectivity index is 2.43. The topological polar surface area (TPSA) is 69.7 Å². The van der Waals surface area contributed by atoms with Gasteiger partial charge >= 0.3 is 11.9 Å². The van der Waals surface area contributed by atoms with E-state index < -0.39 is 29.2 Å². The van der Waals surface area contributed by atoms with Gasteiger partial charge in [-0.2, -0.15) is 0 Å². The average molecular weight is 304 g/mol. The zero-order chi connectivity index (χ0) is 16.3. The standard InChI is InChI=1S/C17H20O5/c1-4-21-15(19)17(16(20)22-5-2)13(10-18)14(17)12-8-6-11(3)7-9-12/h6-10,13-14H,4-5H2,1-3H3/t13-,14-/m1/s1. The van der Waals surface area contributed by atoms with E-state index in [1.807, 2.05) is 31.2 Å². The van der Waals surface area contributed by atoms with Crippen molar-refractivity contribution in [2.45, 2.75) is 26.7 Å². The van der Waals surface area contributed by atoms with E-state index in [1.54, 1.807) is 13.8 Å². The molecule has 1 saturated carbocycles. The Kier molecular flexibility index (Phi) is 4.64. The van der Waals surface area contributed by atoms with E-state index in [4.69, 9.17) is 9.47 Å². The molecule has 5 heteroatoms. The lowest BCUT2D eigenvalue weighted by Crippen LogP contribution is -2.33. The van der Waals surface area contributed by atoms with Gasteiger partial charge in [0.25, 0.3) is 0 Å². The zero-order valence-corrected chi connectivity index (χ0v) is 13.0. The first kappa shape index (κ1) is 16.2. The van der Waals surface area contributed by atoms with Gasteiger partial charge in [0, 0.05) is 5.92 Å². The Morgan fingerprint density at radius 1 is 1.09 bits per heavy atom. The quantitative estimate of drug-likeness (QED) is 0.457. The number of hydrogen-bond donors (Lipinski definition) is 0. The van der Waals surface area contributed by atoms with Crippen molar-refractivity contribution in [2.24, 2.45) is 11.3 Å². The van der Waals surface area contributed by atoms with Crippen molar-refractivity contribution in [3.63, 3.8) is 0 Å². The molecule has 0 radical (unpaired) electrons. The molecular weight excluding hydrogens is 284 g/mol. The van der Waals surface area contributed by atoms with Crippen LogP contribution in [0.1, 0.15) is 30.9 Å². The second-order valence-corrected chi connectivity index (χ2v) is 5.36. The van der Waals surface area contributed by atoms with Crippen LogP contribution in [0.3, 0.4) is 0 Å². The van der Waals surface area contributed by atoms with Crippen LogP contribution >= 0.6 is 0 Å². The summed E-state index contributed by atoms with van der Waals surface area (Å²) in [6.45, 7) is 5.56. The van der Waals surface area contributed by atoms with Crippen LogP contribution in [0.5, 0.6) is 0 Å². The van der Waals surface area contributed by atoms with Gasteiger partial charge in [0.05, 0.1) is 19.1 Å². The molecule has 0 heterocycles. The highest BCUT2D eigenvalue weighted by atomic mass is 16.6. The third kappa shape index (κ3) is 2.40. The molecular formula is C17H20O5. The number of rotatable bonds is 6.